The monoisotopic (exact) mass is 375 g/mol. The van der Waals surface area contributed by atoms with Crippen LogP contribution in [-0.4, -0.2) is 24.3 Å². The van der Waals surface area contributed by atoms with Gasteiger partial charge >= 0.3 is 6.09 Å². The third-order valence-corrected chi connectivity index (χ3v) is 3.69. The molecule has 1 amide bonds. The summed E-state index contributed by atoms with van der Waals surface area (Å²) in [6.07, 6.45) is 1.13. The largest absolute Gasteiger partial charge is 0.488 e. The second-order valence-electron chi connectivity index (χ2n) is 6.04. The minimum atomic E-state index is -0.482. The summed E-state index contributed by atoms with van der Waals surface area (Å²) in [5.74, 6) is 0.752. The topological polar surface area (TPSA) is 47.6 Å². The van der Waals surface area contributed by atoms with E-state index in [1.807, 2.05) is 32.9 Å². The molecule has 1 unspecified atom stereocenters. The van der Waals surface area contributed by atoms with Crippen LogP contribution in [0, 0.1) is 0 Å². The number of benzene rings is 1. The molecular formula is C15H19BrClNO3. The van der Waals surface area contributed by atoms with E-state index in [1.54, 1.807) is 0 Å². The normalized spacial score (nSPS) is 17.1. The average Bonchev–Trinajstić information content (AvgIpc) is 2.69. The molecule has 116 valence electrons. The van der Waals surface area contributed by atoms with Gasteiger partial charge in [0.1, 0.15) is 17.5 Å². The Hall–Kier alpha value is -0.940. The number of alkyl carbamates (subject to hydrolysis) is 1. The van der Waals surface area contributed by atoms with Crippen molar-refractivity contribution in [2.45, 2.75) is 45.3 Å². The SMILES string of the molecule is CC(C)(C)OC(=O)NCCC1Cc2cc(Br)cc(Cl)c2O1. The molecule has 0 aromatic heterocycles. The number of hydrogen-bond acceptors (Lipinski definition) is 3. The van der Waals surface area contributed by atoms with Crippen LogP contribution in [0.4, 0.5) is 4.79 Å². The predicted octanol–water partition coefficient (Wildman–Crippen LogP) is 4.32. The molecule has 0 spiro atoms. The van der Waals surface area contributed by atoms with Gasteiger partial charge < -0.3 is 14.8 Å². The molecule has 0 saturated heterocycles. The summed E-state index contributed by atoms with van der Waals surface area (Å²) in [6.45, 7) is 6.02. The number of carbonyl (C=O) groups excluding carboxylic acids is 1. The van der Waals surface area contributed by atoms with E-state index < -0.39 is 11.7 Å². The van der Waals surface area contributed by atoms with Crippen LogP contribution >= 0.6 is 27.5 Å². The van der Waals surface area contributed by atoms with E-state index in [1.165, 1.54) is 0 Å². The Morgan fingerprint density at radius 3 is 2.90 bits per heavy atom. The Balaban J connectivity index is 1.80. The Labute approximate surface area is 138 Å². The maximum atomic E-state index is 11.5. The Bertz CT molecular complexity index is 542. The standard InChI is InChI=1S/C15H19BrClNO3/c1-15(2,3)21-14(19)18-5-4-11-7-9-6-10(16)8-12(17)13(9)20-11/h6,8,11H,4-5,7H2,1-3H3,(H,18,19). The van der Waals surface area contributed by atoms with E-state index >= 15 is 0 Å². The molecule has 1 aliphatic heterocycles. The Kier molecular flexibility index (Phi) is 5.04. The minimum Gasteiger partial charge on any atom is -0.488 e. The molecule has 1 aliphatic rings. The number of hydrogen-bond donors (Lipinski definition) is 1. The van der Waals surface area contributed by atoms with Gasteiger partial charge in [-0.3, -0.25) is 0 Å². The van der Waals surface area contributed by atoms with Crippen molar-refractivity contribution in [3.8, 4) is 5.75 Å². The second-order valence-corrected chi connectivity index (χ2v) is 7.36. The van der Waals surface area contributed by atoms with E-state index in [0.717, 1.165) is 22.2 Å². The summed E-state index contributed by atoms with van der Waals surface area (Å²) < 4.78 is 12.0. The van der Waals surface area contributed by atoms with Crippen molar-refractivity contribution in [3.05, 3.63) is 27.2 Å². The molecule has 1 aromatic rings. The predicted molar refractivity (Wildman–Crippen MR) is 86.1 cm³/mol. The summed E-state index contributed by atoms with van der Waals surface area (Å²) >= 11 is 9.57. The lowest BCUT2D eigenvalue weighted by molar-refractivity contribution is 0.0522. The third-order valence-electron chi connectivity index (χ3n) is 2.95. The molecule has 1 atom stereocenters. The fourth-order valence-electron chi connectivity index (χ4n) is 2.16. The van der Waals surface area contributed by atoms with E-state index in [9.17, 15) is 4.79 Å². The van der Waals surface area contributed by atoms with Crippen molar-refractivity contribution < 1.29 is 14.3 Å². The van der Waals surface area contributed by atoms with Gasteiger partial charge in [0.05, 0.1) is 5.02 Å². The first-order valence-electron chi connectivity index (χ1n) is 6.86. The number of fused-ring (bicyclic) bond motifs is 1. The molecule has 2 rings (SSSR count). The first-order valence-corrected chi connectivity index (χ1v) is 8.03. The van der Waals surface area contributed by atoms with E-state index in [2.05, 4.69) is 21.2 Å². The summed E-state index contributed by atoms with van der Waals surface area (Å²) in [4.78, 5) is 11.5. The zero-order valence-electron chi connectivity index (χ0n) is 12.3. The van der Waals surface area contributed by atoms with Crippen LogP contribution in [0.2, 0.25) is 5.02 Å². The molecule has 4 nitrogen and oxygen atoms in total. The highest BCUT2D eigenvalue weighted by Gasteiger charge is 2.25. The van der Waals surface area contributed by atoms with Gasteiger partial charge in [0.25, 0.3) is 0 Å². The number of nitrogens with one attached hydrogen (secondary N) is 1. The average molecular weight is 377 g/mol. The first kappa shape index (κ1) is 16.4. The fourth-order valence-corrected chi connectivity index (χ4v) is 3.08. The lowest BCUT2D eigenvalue weighted by Crippen LogP contribution is -2.34. The van der Waals surface area contributed by atoms with E-state index in [0.29, 0.717) is 18.0 Å². The van der Waals surface area contributed by atoms with Crippen LogP contribution in [0.3, 0.4) is 0 Å². The van der Waals surface area contributed by atoms with Gasteiger partial charge in [-0.15, -0.1) is 0 Å². The maximum Gasteiger partial charge on any atom is 0.407 e. The van der Waals surface area contributed by atoms with E-state index in [-0.39, 0.29) is 6.10 Å². The number of carbonyl (C=O) groups is 1. The zero-order valence-corrected chi connectivity index (χ0v) is 14.7. The Morgan fingerprint density at radius 2 is 2.24 bits per heavy atom. The summed E-state index contributed by atoms with van der Waals surface area (Å²) in [6, 6.07) is 3.84. The van der Waals surface area contributed by atoms with Crippen molar-refractivity contribution in [3.63, 3.8) is 0 Å². The van der Waals surface area contributed by atoms with Crippen molar-refractivity contribution in [1.82, 2.24) is 5.32 Å². The highest BCUT2D eigenvalue weighted by molar-refractivity contribution is 9.10. The van der Waals surface area contributed by atoms with Crippen molar-refractivity contribution in [1.29, 1.82) is 0 Å². The summed E-state index contributed by atoms with van der Waals surface area (Å²) in [5.41, 5.74) is 0.612. The smallest absolute Gasteiger partial charge is 0.407 e. The van der Waals surface area contributed by atoms with Gasteiger partial charge in [-0.2, -0.15) is 0 Å². The lowest BCUT2D eigenvalue weighted by Gasteiger charge is -2.20. The van der Waals surface area contributed by atoms with Gasteiger partial charge in [0.15, 0.2) is 0 Å². The third kappa shape index (κ3) is 4.78. The van der Waals surface area contributed by atoms with Crippen LogP contribution in [-0.2, 0) is 11.2 Å². The first-order chi connectivity index (χ1) is 9.74. The van der Waals surface area contributed by atoms with Crippen molar-refractivity contribution in [2.24, 2.45) is 0 Å². The van der Waals surface area contributed by atoms with Crippen LogP contribution < -0.4 is 10.1 Å². The van der Waals surface area contributed by atoms with Gasteiger partial charge in [-0.05, 0) is 32.9 Å². The van der Waals surface area contributed by atoms with Gasteiger partial charge in [-0.25, -0.2) is 4.79 Å². The number of ether oxygens (including phenoxy) is 2. The van der Waals surface area contributed by atoms with Crippen LogP contribution in [0.25, 0.3) is 0 Å². The van der Waals surface area contributed by atoms with Gasteiger partial charge in [0, 0.05) is 29.4 Å². The molecule has 0 radical (unpaired) electrons. The highest BCUT2D eigenvalue weighted by Crippen LogP contribution is 2.38. The quantitative estimate of drug-likeness (QED) is 0.854. The zero-order chi connectivity index (χ0) is 15.6. The molecule has 0 bridgehead atoms. The Morgan fingerprint density at radius 1 is 1.52 bits per heavy atom. The lowest BCUT2D eigenvalue weighted by atomic mass is 10.1. The fraction of sp³-hybridized carbons (Fsp3) is 0.533. The molecule has 21 heavy (non-hydrogen) atoms. The van der Waals surface area contributed by atoms with Crippen molar-refractivity contribution >= 4 is 33.6 Å². The molecule has 6 heteroatoms. The van der Waals surface area contributed by atoms with Crippen LogP contribution in [0.1, 0.15) is 32.8 Å². The van der Waals surface area contributed by atoms with Crippen molar-refractivity contribution in [2.75, 3.05) is 6.54 Å². The molecule has 0 aliphatic carbocycles. The molecule has 0 saturated carbocycles. The molecule has 1 heterocycles. The molecule has 1 N–H and O–H groups in total. The summed E-state index contributed by atoms with van der Waals surface area (Å²) in [7, 11) is 0. The number of halogens is 2. The van der Waals surface area contributed by atoms with E-state index in [4.69, 9.17) is 21.1 Å². The minimum absolute atomic E-state index is 0.0294. The molecule has 1 aromatic carbocycles. The summed E-state index contributed by atoms with van der Waals surface area (Å²) in [5, 5.41) is 3.35. The molecule has 0 fully saturated rings. The van der Waals surface area contributed by atoms with Gasteiger partial charge in [-0.1, -0.05) is 27.5 Å². The highest BCUT2D eigenvalue weighted by atomic mass is 79.9. The maximum absolute atomic E-state index is 11.5. The number of rotatable bonds is 3. The van der Waals surface area contributed by atoms with Crippen LogP contribution in [0.15, 0.2) is 16.6 Å². The number of amides is 1. The second kappa shape index (κ2) is 6.44. The van der Waals surface area contributed by atoms with Gasteiger partial charge in [0.2, 0.25) is 0 Å². The van der Waals surface area contributed by atoms with Crippen LogP contribution in [0.5, 0.6) is 5.75 Å². The molecular weight excluding hydrogens is 358 g/mol.